The summed E-state index contributed by atoms with van der Waals surface area (Å²) in [7, 11) is 0. The molecule has 110 valence electrons. The van der Waals surface area contributed by atoms with Crippen molar-refractivity contribution in [3.63, 3.8) is 0 Å². The van der Waals surface area contributed by atoms with E-state index in [9.17, 15) is 18.0 Å². The molecule has 1 atom stereocenters. The molecule has 1 aromatic carbocycles. The van der Waals surface area contributed by atoms with Gasteiger partial charge in [0, 0.05) is 10.2 Å². The highest BCUT2D eigenvalue weighted by molar-refractivity contribution is 9.10. The number of nitrogens with one attached hydrogen (secondary N) is 2. The lowest BCUT2D eigenvalue weighted by Crippen LogP contribution is -2.43. The van der Waals surface area contributed by atoms with Crippen LogP contribution in [0.15, 0.2) is 22.7 Å². The highest BCUT2D eigenvalue weighted by Crippen LogP contribution is 2.33. The van der Waals surface area contributed by atoms with Crippen molar-refractivity contribution in [2.24, 2.45) is 0 Å². The number of anilines is 1. The lowest BCUT2D eigenvalue weighted by molar-refractivity contribution is -0.137. The third-order valence-corrected chi connectivity index (χ3v) is 3.58. The zero-order valence-electron chi connectivity index (χ0n) is 10.6. The average Bonchev–Trinajstić information content (AvgIpc) is 2.38. The van der Waals surface area contributed by atoms with Crippen molar-refractivity contribution in [3.8, 4) is 0 Å². The molecule has 0 bridgehead atoms. The van der Waals surface area contributed by atoms with Crippen LogP contribution in [0.4, 0.5) is 18.9 Å². The topological polar surface area (TPSA) is 41.1 Å². The molecule has 20 heavy (non-hydrogen) atoms. The quantitative estimate of drug-likeness (QED) is 0.856. The number of carbonyl (C=O) groups is 1. The van der Waals surface area contributed by atoms with Gasteiger partial charge in [-0.2, -0.15) is 13.2 Å². The fourth-order valence-corrected chi connectivity index (χ4v) is 2.62. The Morgan fingerprint density at radius 3 is 2.65 bits per heavy atom. The molecule has 0 saturated carbocycles. The molecule has 1 saturated heterocycles. The van der Waals surface area contributed by atoms with Crippen LogP contribution in [-0.4, -0.2) is 18.5 Å². The van der Waals surface area contributed by atoms with Gasteiger partial charge in [-0.3, -0.25) is 4.79 Å². The summed E-state index contributed by atoms with van der Waals surface area (Å²) < 4.78 is 38.4. The van der Waals surface area contributed by atoms with Gasteiger partial charge >= 0.3 is 6.18 Å². The number of piperidine rings is 1. The Morgan fingerprint density at radius 1 is 1.30 bits per heavy atom. The maximum Gasteiger partial charge on any atom is 0.416 e. The number of halogens is 4. The first-order chi connectivity index (χ1) is 9.36. The highest BCUT2D eigenvalue weighted by atomic mass is 79.9. The first-order valence-corrected chi connectivity index (χ1v) is 7.07. The van der Waals surface area contributed by atoms with Gasteiger partial charge in [-0.15, -0.1) is 0 Å². The molecule has 0 aliphatic carbocycles. The molecular weight excluding hydrogens is 337 g/mol. The van der Waals surface area contributed by atoms with Crippen LogP contribution in [0.1, 0.15) is 24.8 Å². The molecule has 0 spiro atoms. The van der Waals surface area contributed by atoms with Gasteiger partial charge in [0.25, 0.3) is 0 Å². The number of amides is 1. The lowest BCUT2D eigenvalue weighted by atomic mass is 10.0. The van der Waals surface area contributed by atoms with Crippen LogP contribution >= 0.6 is 15.9 Å². The van der Waals surface area contributed by atoms with Crippen LogP contribution in [-0.2, 0) is 11.0 Å². The van der Waals surface area contributed by atoms with E-state index in [2.05, 4.69) is 26.6 Å². The molecule has 3 nitrogen and oxygen atoms in total. The van der Waals surface area contributed by atoms with Crippen LogP contribution in [0.5, 0.6) is 0 Å². The van der Waals surface area contributed by atoms with Gasteiger partial charge in [-0.1, -0.05) is 22.4 Å². The van der Waals surface area contributed by atoms with Crippen LogP contribution in [0.3, 0.4) is 0 Å². The Hall–Kier alpha value is -1.08. The first-order valence-electron chi connectivity index (χ1n) is 6.28. The standard InChI is InChI=1S/C13H14BrF3N2O/c14-9-5-8(13(15,16)17)6-10(7-9)19-12(20)11-3-1-2-4-18-11/h5-7,11,18H,1-4H2,(H,19,20)/t11-/m1/s1. The summed E-state index contributed by atoms with van der Waals surface area (Å²) in [5.74, 6) is -0.295. The smallest absolute Gasteiger partial charge is 0.325 e. The van der Waals surface area contributed by atoms with E-state index in [0.717, 1.165) is 31.5 Å². The van der Waals surface area contributed by atoms with Gasteiger partial charge in [0.15, 0.2) is 0 Å². The number of carbonyl (C=O) groups excluding carboxylic acids is 1. The first kappa shape index (κ1) is 15.3. The number of rotatable bonds is 2. The Bertz CT molecular complexity index is 499. The minimum atomic E-state index is -4.44. The number of benzene rings is 1. The van der Waals surface area contributed by atoms with Crippen molar-refractivity contribution in [1.29, 1.82) is 0 Å². The number of alkyl halides is 3. The molecule has 2 N–H and O–H groups in total. The molecule has 0 radical (unpaired) electrons. The predicted molar refractivity (Wildman–Crippen MR) is 73.4 cm³/mol. The molecule has 1 aromatic rings. The van der Waals surface area contributed by atoms with E-state index >= 15 is 0 Å². The van der Waals surface area contributed by atoms with Gasteiger partial charge < -0.3 is 10.6 Å². The van der Waals surface area contributed by atoms with E-state index in [4.69, 9.17) is 0 Å². The largest absolute Gasteiger partial charge is 0.416 e. The third-order valence-electron chi connectivity index (χ3n) is 3.12. The molecule has 7 heteroatoms. The van der Waals surface area contributed by atoms with E-state index in [1.165, 1.54) is 6.07 Å². The Balaban J connectivity index is 2.12. The average molecular weight is 351 g/mol. The lowest BCUT2D eigenvalue weighted by Gasteiger charge is -2.22. The molecule has 1 aliphatic heterocycles. The third kappa shape index (κ3) is 3.96. The fraction of sp³-hybridized carbons (Fsp3) is 0.462. The van der Waals surface area contributed by atoms with E-state index in [1.54, 1.807) is 0 Å². The van der Waals surface area contributed by atoms with Gasteiger partial charge in [-0.25, -0.2) is 0 Å². The van der Waals surface area contributed by atoms with E-state index in [1.807, 2.05) is 0 Å². The van der Waals surface area contributed by atoms with Gasteiger partial charge in [0.05, 0.1) is 11.6 Å². The van der Waals surface area contributed by atoms with Gasteiger partial charge in [0.1, 0.15) is 0 Å². The summed E-state index contributed by atoms with van der Waals surface area (Å²) in [5.41, 5.74) is -0.650. The normalized spacial score (nSPS) is 19.7. The fourth-order valence-electron chi connectivity index (χ4n) is 2.13. The summed E-state index contributed by atoms with van der Waals surface area (Å²) in [4.78, 5) is 12.0. The summed E-state index contributed by atoms with van der Waals surface area (Å²) in [6, 6.07) is 3.03. The van der Waals surface area contributed by atoms with Crippen molar-refractivity contribution in [2.75, 3.05) is 11.9 Å². The Kier molecular flexibility index (Phi) is 4.70. The van der Waals surface area contributed by atoms with E-state index in [-0.39, 0.29) is 22.1 Å². The minimum absolute atomic E-state index is 0.143. The summed E-state index contributed by atoms with van der Waals surface area (Å²) in [5, 5.41) is 5.59. The number of hydrogen-bond acceptors (Lipinski definition) is 2. The Labute approximate surface area is 123 Å². The van der Waals surface area contributed by atoms with Crippen molar-refractivity contribution in [1.82, 2.24) is 5.32 Å². The molecular formula is C13H14BrF3N2O. The SMILES string of the molecule is O=C(Nc1cc(Br)cc(C(F)(F)F)c1)[C@H]1CCCCN1. The van der Waals surface area contributed by atoms with E-state index in [0.29, 0.717) is 6.42 Å². The molecule has 1 heterocycles. The monoisotopic (exact) mass is 350 g/mol. The zero-order chi connectivity index (χ0) is 14.8. The molecule has 1 fully saturated rings. The van der Waals surface area contributed by atoms with Crippen molar-refractivity contribution in [2.45, 2.75) is 31.5 Å². The Morgan fingerprint density at radius 2 is 2.05 bits per heavy atom. The maximum atomic E-state index is 12.7. The molecule has 1 aliphatic rings. The second-order valence-electron chi connectivity index (χ2n) is 4.72. The second kappa shape index (κ2) is 6.13. The number of hydrogen-bond donors (Lipinski definition) is 2. The summed E-state index contributed by atoms with van der Waals surface area (Å²) in [6.45, 7) is 0.754. The van der Waals surface area contributed by atoms with Crippen molar-refractivity contribution >= 4 is 27.5 Å². The summed E-state index contributed by atoms with van der Waals surface area (Å²) >= 11 is 3.02. The molecule has 0 unspecified atom stereocenters. The minimum Gasteiger partial charge on any atom is -0.325 e. The molecule has 0 aromatic heterocycles. The van der Waals surface area contributed by atoms with Crippen LogP contribution < -0.4 is 10.6 Å². The second-order valence-corrected chi connectivity index (χ2v) is 5.63. The van der Waals surface area contributed by atoms with Crippen LogP contribution in [0, 0.1) is 0 Å². The zero-order valence-corrected chi connectivity index (χ0v) is 12.1. The highest BCUT2D eigenvalue weighted by Gasteiger charge is 2.31. The van der Waals surface area contributed by atoms with Crippen LogP contribution in [0.25, 0.3) is 0 Å². The van der Waals surface area contributed by atoms with E-state index < -0.39 is 11.7 Å². The summed E-state index contributed by atoms with van der Waals surface area (Å²) in [6.07, 6.45) is -1.78. The van der Waals surface area contributed by atoms with Gasteiger partial charge in [-0.05, 0) is 37.6 Å². The predicted octanol–water partition coefficient (Wildman–Crippen LogP) is 3.55. The molecule has 2 rings (SSSR count). The van der Waals surface area contributed by atoms with Crippen LogP contribution in [0.2, 0.25) is 0 Å². The maximum absolute atomic E-state index is 12.7. The molecule has 1 amide bonds. The van der Waals surface area contributed by atoms with Crippen molar-refractivity contribution < 1.29 is 18.0 Å². The van der Waals surface area contributed by atoms with Gasteiger partial charge in [0.2, 0.25) is 5.91 Å². The van der Waals surface area contributed by atoms with Crippen molar-refractivity contribution in [3.05, 3.63) is 28.2 Å².